The van der Waals surface area contributed by atoms with Crippen molar-refractivity contribution in [2.24, 2.45) is 0 Å². The fraction of sp³-hybridized carbons (Fsp3) is 0.333. The first-order chi connectivity index (χ1) is 15.5. The van der Waals surface area contributed by atoms with Gasteiger partial charge < -0.3 is 20.7 Å². The van der Waals surface area contributed by atoms with Gasteiger partial charge in [-0.2, -0.15) is 5.26 Å². The van der Waals surface area contributed by atoms with Gasteiger partial charge in [-0.3, -0.25) is 4.98 Å². The molecule has 8 nitrogen and oxygen atoms in total. The van der Waals surface area contributed by atoms with Crippen LogP contribution in [0, 0.1) is 17.1 Å². The second-order valence-electron chi connectivity index (χ2n) is 9.23. The van der Waals surface area contributed by atoms with Gasteiger partial charge in [0.2, 0.25) is 0 Å². The van der Waals surface area contributed by atoms with Crippen LogP contribution in [-0.4, -0.2) is 33.7 Å². The van der Waals surface area contributed by atoms with Crippen molar-refractivity contribution in [1.82, 2.24) is 15.3 Å². The number of anilines is 3. The molecule has 0 atom stereocenters. The molecule has 0 fully saturated rings. The summed E-state index contributed by atoms with van der Waals surface area (Å²) in [7, 11) is 0. The summed E-state index contributed by atoms with van der Waals surface area (Å²) >= 11 is 0. The molecule has 0 spiro atoms. The summed E-state index contributed by atoms with van der Waals surface area (Å²) in [6.45, 7) is 9.03. The highest BCUT2D eigenvalue weighted by atomic mass is 19.1. The number of alkyl carbamates (subject to hydrolysis) is 1. The van der Waals surface area contributed by atoms with Crippen LogP contribution in [0.1, 0.15) is 40.2 Å². The standard InChI is InChI=1S/C24H27FN6O2/c1-23(2,3)33-22(32)31-24(4,5)14-28-21-18(25)12-16(13-26)20(30-21)29-17-8-9-19-15(11-17)7-6-10-27-19/h6-12H,14H2,1-5H3,(H,31,32)(H2,28,29,30). The molecule has 0 radical (unpaired) electrons. The van der Waals surface area contributed by atoms with Crippen LogP contribution in [0.25, 0.3) is 10.9 Å². The molecule has 2 aromatic heterocycles. The van der Waals surface area contributed by atoms with Crippen LogP contribution in [0.4, 0.5) is 26.5 Å². The number of nitriles is 1. The van der Waals surface area contributed by atoms with Crippen LogP contribution >= 0.6 is 0 Å². The van der Waals surface area contributed by atoms with Crippen molar-refractivity contribution in [3.8, 4) is 6.07 Å². The zero-order valence-corrected chi connectivity index (χ0v) is 19.3. The Hall–Kier alpha value is -3.93. The van der Waals surface area contributed by atoms with E-state index in [0.717, 1.165) is 17.0 Å². The summed E-state index contributed by atoms with van der Waals surface area (Å²) in [6, 6.07) is 12.4. The lowest BCUT2D eigenvalue weighted by atomic mass is 10.1. The van der Waals surface area contributed by atoms with Crippen molar-refractivity contribution in [3.63, 3.8) is 0 Å². The molecule has 0 aliphatic carbocycles. The van der Waals surface area contributed by atoms with Crippen molar-refractivity contribution in [2.75, 3.05) is 17.2 Å². The van der Waals surface area contributed by atoms with Crippen LogP contribution in [0.5, 0.6) is 0 Å². The smallest absolute Gasteiger partial charge is 0.408 e. The van der Waals surface area contributed by atoms with Gasteiger partial charge in [-0.1, -0.05) is 6.07 Å². The van der Waals surface area contributed by atoms with E-state index in [9.17, 15) is 14.4 Å². The third-order valence-corrected chi connectivity index (χ3v) is 4.50. The maximum absolute atomic E-state index is 14.6. The number of carbonyl (C=O) groups is 1. The molecule has 0 bridgehead atoms. The second kappa shape index (κ2) is 9.28. The van der Waals surface area contributed by atoms with Gasteiger partial charge in [0, 0.05) is 23.8 Å². The largest absolute Gasteiger partial charge is 0.444 e. The highest BCUT2D eigenvalue weighted by Gasteiger charge is 2.25. The van der Waals surface area contributed by atoms with Gasteiger partial charge in [0.1, 0.15) is 11.7 Å². The number of hydrogen-bond donors (Lipinski definition) is 3. The summed E-state index contributed by atoms with van der Waals surface area (Å²) < 4.78 is 19.9. The zero-order valence-electron chi connectivity index (χ0n) is 19.3. The van der Waals surface area contributed by atoms with Gasteiger partial charge >= 0.3 is 6.09 Å². The first kappa shape index (κ1) is 23.7. The maximum Gasteiger partial charge on any atom is 0.408 e. The minimum atomic E-state index is -0.761. The molecular formula is C24H27FN6O2. The van der Waals surface area contributed by atoms with Crippen molar-refractivity contribution < 1.29 is 13.9 Å². The van der Waals surface area contributed by atoms with E-state index in [4.69, 9.17) is 4.74 Å². The monoisotopic (exact) mass is 450 g/mol. The Morgan fingerprint density at radius 3 is 2.61 bits per heavy atom. The molecule has 1 aromatic carbocycles. The predicted octanol–water partition coefficient (Wildman–Crippen LogP) is 5.10. The Kier molecular flexibility index (Phi) is 6.68. The topological polar surface area (TPSA) is 112 Å². The molecule has 0 saturated carbocycles. The molecule has 33 heavy (non-hydrogen) atoms. The van der Waals surface area contributed by atoms with Crippen molar-refractivity contribution in [2.45, 2.75) is 45.8 Å². The number of nitrogens with zero attached hydrogens (tertiary/aromatic N) is 3. The average Bonchev–Trinajstić information content (AvgIpc) is 2.71. The molecule has 0 aliphatic rings. The first-order valence-corrected chi connectivity index (χ1v) is 10.4. The molecule has 3 rings (SSSR count). The molecule has 0 unspecified atom stereocenters. The minimum absolute atomic E-state index is 0.0435. The maximum atomic E-state index is 14.6. The first-order valence-electron chi connectivity index (χ1n) is 10.4. The third-order valence-electron chi connectivity index (χ3n) is 4.50. The SMILES string of the molecule is CC(C)(CNc1nc(Nc2ccc3ncccc3c2)c(C#N)cc1F)NC(=O)OC(C)(C)C. The summed E-state index contributed by atoms with van der Waals surface area (Å²) in [4.78, 5) is 20.6. The van der Waals surface area contributed by atoms with E-state index in [1.54, 1.807) is 40.8 Å². The van der Waals surface area contributed by atoms with Gasteiger partial charge in [0.25, 0.3) is 0 Å². The van der Waals surface area contributed by atoms with E-state index in [1.165, 1.54) is 0 Å². The van der Waals surface area contributed by atoms with E-state index >= 15 is 0 Å². The Balaban J connectivity index is 1.77. The van der Waals surface area contributed by atoms with Gasteiger partial charge in [-0.15, -0.1) is 0 Å². The lowest BCUT2D eigenvalue weighted by Crippen LogP contribution is -2.50. The molecule has 1 amide bonds. The number of amides is 1. The molecule has 9 heteroatoms. The minimum Gasteiger partial charge on any atom is -0.444 e. The summed E-state index contributed by atoms with van der Waals surface area (Å²) in [5, 5.41) is 19.1. The number of benzene rings is 1. The Bertz CT molecular complexity index is 1210. The van der Waals surface area contributed by atoms with Crippen LogP contribution in [0.3, 0.4) is 0 Å². The molecule has 172 valence electrons. The zero-order chi connectivity index (χ0) is 24.2. The Labute approximate surface area is 192 Å². The number of fused-ring (bicyclic) bond motifs is 1. The van der Waals surface area contributed by atoms with Gasteiger partial charge in [0.15, 0.2) is 17.5 Å². The normalized spacial score (nSPS) is 11.5. The summed E-state index contributed by atoms with van der Waals surface area (Å²) in [5.74, 6) is -0.506. The number of pyridine rings is 2. The highest BCUT2D eigenvalue weighted by molar-refractivity contribution is 5.83. The fourth-order valence-electron chi connectivity index (χ4n) is 3.01. The van der Waals surface area contributed by atoms with Gasteiger partial charge in [0.05, 0.1) is 16.6 Å². The number of nitrogens with one attached hydrogen (secondary N) is 3. The van der Waals surface area contributed by atoms with Crippen LogP contribution in [0.2, 0.25) is 0 Å². The summed E-state index contributed by atoms with van der Waals surface area (Å²) in [5.41, 5.74) is 0.189. The Morgan fingerprint density at radius 1 is 1.15 bits per heavy atom. The second-order valence-corrected chi connectivity index (χ2v) is 9.23. The number of aromatic nitrogens is 2. The average molecular weight is 451 g/mol. The van der Waals surface area contributed by atoms with Crippen molar-refractivity contribution in [1.29, 1.82) is 5.26 Å². The van der Waals surface area contributed by atoms with Crippen molar-refractivity contribution in [3.05, 3.63) is 54.0 Å². The molecular weight excluding hydrogens is 423 g/mol. The van der Waals surface area contributed by atoms with Gasteiger partial charge in [-0.25, -0.2) is 14.2 Å². The number of rotatable bonds is 6. The highest BCUT2D eigenvalue weighted by Crippen LogP contribution is 2.25. The lowest BCUT2D eigenvalue weighted by Gasteiger charge is -2.29. The molecule has 3 N–H and O–H groups in total. The third kappa shape index (κ3) is 6.53. The van der Waals surface area contributed by atoms with Crippen LogP contribution < -0.4 is 16.0 Å². The van der Waals surface area contributed by atoms with Gasteiger partial charge in [-0.05, 0) is 65.0 Å². The number of halogens is 1. The summed E-state index contributed by atoms with van der Waals surface area (Å²) in [6.07, 6.45) is 1.14. The van der Waals surface area contributed by atoms with E-state index in [0.29, 0.717) is 5.69 Å². The molecule has 0 aliphatic heterocycles. The Morgan fingerprint density at radius 2 is 1.91 bits per heavy atom. The van der Waals surface area contributed by atoms with Crippen molar-refractivity contribution >= 4 is 34.3 Å². The van der Waals surface area contributed by atoms with E-state index < -0.39 is 23.1 Å². The van der Waals surface area contributed by atoms with E-state index in [1.807, 2.05) is 36.4 Å². The van der Waals surface area contributed by atoms with E-state index in [2.05, 4.69) is 25.9 Å². The number of carbonyl (C=O) groups excluding carboxylic acids is 1. The van der Waals surface area contributed by atoms with E-state index in [-0.39, 0.29) is 23.7 Å². The fourth-order valence-corrected chi connectivity index (χ4v) is 3.01. The predicted molar refractivity (Wildman–Crippen MR) is 126 cm³/mol. The van der Waals surface area contributed by atoms with Crippen LogP contribution in [0.15, 0.2) is 42.6 Å². The lowest BCUT2D eigenvalue weighted by molar-refractivity contribution is 0.0478. The quantitative estimate of drug-likeness (QED) is 0.479. The number of ether oxygens (including phenoxy) is 1. The molecule has 0 saturated heterocycles. The van der Waals surface area contributed by atoms with Crippen LogP contribution in [-0.2, 0) is 4.74 Å². The number of hydrogen-bond acceptors (Lipinski definition) is 7. The molecule has 3 aromatic rings. The molecule has 2 heterocycles.